The summed E-state index contributed by atoms with van der Waals surface area (Å²) in [4.78, 5) is 0. The van der Waals surface area contributed by atoms with Crippen molar-refractivity contribution in [3.63, 3.8) is 0 Å². The summed E-state index contributed by atoms with van der Waals surface area (Å²) in [5, 5.41) is 4.09. The van der Waals surface area contributed by atoms with Gasteiger partial charge in [0.2, 0.25) is 0 Å². The number of rotatable bonds is 4. The van der Waals surface area contributed by atoms with Gasteiger partial charge in [-0.1, -0.05) is 43.6 Å². The van der Waals surface area contributed by atoms with Crippen molar-refractivity contribution in [1.82, 2.24) is 5.32 Å². The van der Waals surface area contributed by atoms with Crippen molar-refractivity contribution >= 4 is 11.6 Å². The van der Waals surface area contributed by atoms with Gasteiger partial charge in [0.15, 0.2) is 0 Å². The molecule has 0 fully saturated rings. The predicted molar refractivity (Wildman–Crippen MR) is 78.8 cm³/mol. The zero-order chi connectivity index (χ0) is 13.8. The van der Waals surface area contributed by atoms with Crippen LogP contribution in [0.1, 0.15) is 19.4 Å². The van der Waals surface area contributed by atoms with Crippen molar-refractivity contribution in [3.05, 3.63) is 58.9 Å². The molecule has 0 saturated carbocycles. The highest BCUT2D eigenvalue weighted by molar-refractivity contribution is 6.30. The summed E-state index contributed by atoms with van der Waals surface area (Å²) in [5.41, 5.74) is 3.20. The normalized spacial score (nSPS) is 11.0. The minimum Gasteiger partial charge on any atom is -0.310 e. The van der Waals surface area contributed by atoms with Crippen molar-refractivity contribution in [2.75, 3.05) is 0 Å². The summed E-state index contributed by atoms with van der Waals surface area (Å²) >= 11 is 6.06. The third kappa shape index (κ3) is 3.79. The highest BCUT2D eigenvalue weighted by Crippen LogP contribution is 2.26. The molecule has 3 heteroatoms. The molecule has 0 radical (unpaired) electrons. The van der Waals surface area contributed by atoms with Gasteiger partial charge in [-0.25, -0.2) is 4.39 Å². The van der Waals surface area contributed by atoms with Gasteiger partial charge in [0.1, 0.15) is 5.82 Å². The lowest BCUT2D eigenvalue weighted by atomic mass is 9.99. The molecule has 100 valence electrons. The van der Waals surface area contributed by atoms with Crippen molar-refractivity contribution in [2.45, 2.75) is 26.4 Å². The maximum absolute atomic E-state index is 13.0. The maximum Gasteiger partial charge on any atom is 0.123 e. The molecule has 2 rings (SSSR count). The Hall–Kier alpha value is -1.38. The topological polar surface area (TPSA) is 12.0 Å². The second kappa shape index (κ2) is 6.18. The van der Waals surface area contributed by atoms with Crippen LogP contribution in [-0.4, -0.2) is 6.04 Å². The molecule has 1 nitrogen and oxygen atoms in total. The second-order valence-corrected chi connectivity index (χ2v) is 5.28. The summed E-state index contributed by atoms with van der Waals surface area (Å²) in [6.45, 7) is 4.94. The van der Waals surface area contributed by atoms with E-state index in [2.05, 4.69) is 19.2 Å². The largest absolute Gasteiger partial charge is 0.310 e. The number of nitrogens with one attached hydrogen (secondary N) is 1. The highest BCUT2D eigenvalue weighted by Gasteiger charge is 2.07. The molecular formula is C16H17ClFN. The number of hydrogen-bond donors (Lipinski definition) is 1. The fraction of sp³-hybridized carbons (Fsp3) is 0.250. The van der Waals surface area contributed by atoms with Gasteiger partial charge in [-0.2, -0.15) is 0 Å². The van der Waals surface area contributed by atoms with Gasteiger partial charge in [0, 0.05) is 17.6 Å². The first-order chi connectivity index (χ1) is 9.06. The third-order valence-electron chi connectivity index (χ3n) is 2.92. The molecular weight excluding hydrogens is 261 g/mol. The van der Waals surface area contributed by atoms with Gasteiger partial charge >= 0.3 is 0 Å². The zero-order valence-electron chi connectivity index (χ0n) is 11.1. The van der Waals surface area contributed by atoms with Gasteiger partial charge in [-0.15, -0.1) is 0 Å². The van der Waals surface area contributed by atoms with Crippen LogP contribution in [0.15, 0.2) is 42.5 Å². The average Bonchev–Trinajstić information content (AvgIpc) is 2.38. The van der Waals surface area contributed by atoms with E-state index in [0.29, 0.717) is 11.1 Å². The third-order valence-corrected chi connectivity index (χ3v) is 3.16. The summed E-state index contributed by atoms with van der Waals surface area (Å²) < 4.78 is 13.0. The molecule has 0 aliphatic heterocycles. The van der Waals surface area contributed by atoms with E-state index >= 15 is 0 Å². The molecule has 0 spiro atoms. The Morgan fingerprint density at radius 2 is 1.79 bits per heavy atom. The molecule has 2 aromatic carbocycles. The van der Waals surface area contributed by atoms with E-state index in [1.54, 1.807) is 12.1 Å². The first kappa shape index (κ1) is 14.0. The maximum atomic E-state index is 13.0. The van der Waals surface area contributed by atoms with Crippen LogP contribution in [0.2, 0.25) is 5.02 Å². The lowest BCUT2D eigenvalue weighted by molar-refractivity contribution is 0.589. The molecule has 0 saturated heterocycles. The van der Waals surface area contributed by atoms with E-state index < -0.39 is 0 Å². The number of benzene rings is 2. The Balaban J connectivity index is 2.35. The molecule has 0 bridgehead atoms. The Kier molecular flexibility index (Phi) is 4.56. The summed E-state index contributed by atoms with van der Waals surface area (Å²) in [5.74, 6) is -0.223. The Morgan fingerprint density at radius 1 is 1.11 bits per heavy atom. The van der Waals surface area contributed by atoms with Crippen LogP contribution in [0.4, 0.5) is 4.39 Å². The first-order valence-electron chi connectivity index (χ1n) is 6.34. The molecule has 2 aromatic rings. The minimum absolute atomic E-state index is 0.223. The fourth-order valence-corrected chi connectivity index (χ4v) is 2.13. The predicted octanol–water partition coefficient (Wildman–Crippen LogP) is 4.64. The smallest absolute Gasteiger partial charge is 0.123 e. The second-order valence-electron chi connectivity index (χ2n) is 4.84. The molecule has 19 heavy (non-hydrogen) atoms. The van der Waals surface area contributed by atoms with Crippen LogP contribution < -0.4 is 5.32 Å². The van der Waals surface area contributed by atoms with Crippen LogP contribution in [0.25, 0.3) is 11.1 Å². The average molecular weight is 278 g/mol. The highest BCUT2D eigenvalue weighted by atomic mass is 35.5. The molecule has 0 amide bonds. The molecule has 1 N–H and O–H groups in total. The molecule has 0 unspecified atom stereocenters. The fourth-order valence-electron chi connectivity index (χ4n) is 1.93. The lowest BCUT2D eigenvalue weighted by Crippen LogP contribution is -2.22. The van der Waals surface area contributed by atoms with Gasteiger partial charge in [0.05, 0.1) is 0 Å². The number of hydrogen-bond acceptors (Lipinski definition) is 1. The van der Waals surface area contributed by atoms with E-state index in [1.165, 1.54) is 12.1 Å². The van der Waals surface area contributed by atoms with Gasteiger partial charge in [-0.05, 0) is 41.0 Å². The quantitative estimate of drug-likeness (QED) is 0.858. The van der Waals surface area contributed by atoms with Crippen molar-refractivity contribution < 1.29 is 4.39 Å². The Morgan fingerprint density at radius 3 is 2.42 bits per heavy atom. The SMILES string of the molecule is CC(C)NCc1cc(Cl)ccc1-c1ccc(F)cc1. The Bertz CT molecular complexity index is 549. The molecule has 0 aliphatic rings. The number of halogens is 2. The Labute approximate surface area is 118 Å². The van der Waals surface area contributed by atoms with Crippen molar-refractivity contribution in [1.29, 1.82) is 0 Å². The molecule has 0 atom stereocenters. The van der Waals surface area contributed by atoms with Crippen molar-refractivity contribution in [2.24, 2.45) is 0 Å². The van der Waals surface area contributed by atoms with Crippen LogP contribution in [0.5, 0.6) is 0 Å². The summed E-state index contributed by atoms with van der Waals surface area (Å²) in [6, 6.07) is 12.7. The lowest BCUT2D eigenvalue weighted by Gasteiger charge is -2.13. The van der Waals surface area contributed by atoms with Crippen molar-refractivity contribution in [3.8, 4) is 11.1 Å². The van der Waals surface area contributed by atoms with Crippen LogP contribution >= 0.6 is 11.6 Å². The van der Waals surface area contributed by atoms with E-state index in [4.69, 9.17) is 11.6 Å². The zero-order valence-corrected chi connectivity index (χ0v) is 11.8. The van der Waals surface area contributed by atoms with Gasteiger partial charge in [-0.3, -0.25) is 0 Å². The van der Waals surface area contributed by atoms with Crippen LogP contribution in [0, 0.1) is 5.82 Å². The summed E-state index contributed by atoms with van der Waals surface area (Å²) in [7, 11) is 0. The molecule has 0 aromatic heterocycles. The van der Waals surface area contributed by atoms with Crippen LogP contribution in [0.3, 0.4) is 0 Å². The van der Waals surface area contributed by atoms with Crippen LogP contribution in [-0.2, 0) is 6.54 Å². The summed E-state index contributed by atoms with van der Waals surface area (Å²) in [6.07, 6.45) is 0. The van der Waals surface area contributed by atoms with E-state index in [9.17, 15) is 4.39 Å². The molecule has 0 aliphatic carbocycles. The van der Waals surface area contributed by atoms with Gasteiger partial charge < -0.3 is 5.32 Å². The van der Waals surface area contributed by atoms with E-state index in [1.807, 2.05) is 18.2 Å². The minimum atomic E-state index is -0.223. The van der Waals surface area contributed by atoms with Gasteiger partial charge in [0.25, 0.3) is 0 Å². The first-order valence-corrected chi connectivity index (χ1v) is 6.72. The standard InChI is InChI=1S/C16H17ClFN/c1-11(2)19-10-13-9-14(17)5-8-16(13)12-3-6-15(18)7-4-12/h3-9,11,19H,10H2,1-2H3. The monoisotopic (exact) mass is 277 g/mol. The van der Waals surface area contributed by atoms with E-state index in [0.717, 1.165) is 23.2 Å². The van der Waals surface area contributed by atoms with E-state index in [-0.39, 0.29) is 5.82 Å². The molecule has 0 heterocycles.